The highest BCUT2D eigenvalue weighted by Crippen LogP contribution is 2.46. The van der Waals surface area contributed by atoms with E-state index in [4.69, 9.17) is 0 Å². The molecule has 1 fully saturated rings. The molecule has 2 atom stereocenters. The SMILES string of the molecule is CC1(c2cnc(C(F)(F)F)s2)CCC(Br)C1. The molecule has 6 heteroatoms. The van der Waals surface area contributed by atoms with Crippen molar-refractivity contribution in [2.24, 2.45) is 0 Å². The summed E-state index contributed by atoms with van der Waals surface area (Å²) in [6, 6.07) is 0. The van der Waals surface area contributed by atoms with Crippen LogP contribution in [0.2, 0.25) is 0 Å². The van der Waals surface area contributed by atoms with Crippen molar-refractivity contribution in [3.8, 4) is 0 Å². The number of hydrogen-bond donors (Lipinski definition) is 0. The first-order chi connectivity index (χ1) is 7.31. The van der Waals surface area contributed by atoms with E-state index in [2.05, 4.69) is 20.9 Å². The molecule has 1 saturated carbocycles. The molecule has 0 radical (unpaired) electrons. The first-order valence-corrected chi connectivity index (χ1v) is 6.72. The van der Waals surface area contributed by atoms with Gasteiger partial charge in [-0.25, -0.2) is 4.98 Å². The van der Waals surface area contributed by atoms with Crippen molar-refractivity contribution in [2.75, 3.05) is 0 Å². The second kappa shape index (κ2) is 3.98. The van der Waals surface area contributed by atoms with Crippen LogP contribution in [0.4, 0.5) is 13.2 Å². The number of nitrogens with zero attached hydrogens (tertiary/aromatic N) is 1. The quantitative estimate of drug-likeness (QED) is 0.702. The largest absolute Gasteiger partial charge is 0.443 e. The Kier molecular flexibility index (Phi) is 3.07. The van der Waals surface area contributed by atoms with Crippen LogP contribution in [0.5, 0.6) is 0 Å². The zero-order chi connectivity index (χ0) is 12.0. The molecule has 0 N–H and O–H groups in total. The smallest absolute Gasteiger partial charge is 0.240 e. The first-order valence-electron chi connectivity index (χ1n) is 4.99. The Morgan fingerprint density at radius 3 is 2.69 bits per heavy atom. The van der Waals surface area contributed by atoms with Gasteiger partial charge in [0.25, 0.3) is 0 Å². The number of hydrogen-bond acceptors (Lipinski definition) is 2. The van der Waals surface area contributed by atoms with Crippen LogP contribution in [0.25, 0.3) is 0 Å². The fourth-order valence-corrected chi connectivity index (χ4v) is 3.99. The van der Waals surface area contributed by atoms with Gasteiger partial charge >= 0.3 is 6.18 Å². The van der Waals surface area contributed by atoms with Crippen LogP contribution in [-0.2, 0) is 11.6 Å². The molecular formula is C10H11BrF3NS. The van der Waals surface area contributed by atoms with Crippen LogP contribution >= 0.6 is 27.3 Å². The number of halogens is 4. The Morgan fingerprint density at radius 1 is 1.56 bits per heavy atom. The predicted molar refractivity (Wildman–Crippen MR) is 61.0 cm³/mol. The molecule has 2 unspecified atom stereocenters. The maximum absolute atomic E-state index is 12.4. The van der Waals surface area contributed by atoms with Gasteiger partial charge in [-0.2, -0.15) is 13.2 Å². The Balaban J connectivity index is 2.25. The van der Waals surface area contributed by atoms with Gasteiger partial charge in [-0.15, -0.1) is 11.3 Å². The molecule has 0 aliphatic heterocycles. The van der Waals surface area contributed by atoms with Crippen LogP contribution in [0.1, 0.15) is 36.1 Å². The minimum atomic E-state index is -4.31. The maximum Gasteiger partial charge on any atom is 0.443 e. The fourth-order valence-electron chi connectivity index (χ4n) is 2.08. The Labute approximate surface area is 104 Å². The van der Waals surface area contributed by atoms with E-state index in [-0.39, 0.29) is 5.41 Å². The molecule has 1 aromatic rings. The number of rotatable bonds is 1. The summed E-state index contributed by atoms with van der Waals surface area (Å²) in [5.74, 6) is 0. The molecule has 0 amide bonds. The highest BCUT2D eigenvalue weighted by molar-refractivity contribution is 9.09. The van der Waals surface area contributed by atoms with E-state index < -0.39 is 11.2 Å². The van der Waals surface area contributed by atoms with Gasteiger partial charge in [-0.3, -0.25) is 0 Å². The van der Waals surface area contributed by atoms with E-state index in [0.717, 1.165) is 35.5 Å². The highest BCUT2D eigenvalue weighted by Gasteiger charge is 2.40. The predicted octanol–water partition coefficient (Wildman–Crippen LogP) is 4.37. The Morgan fingerprint density at radius 2 is 2.25 bits per heavy atom. The molecule has 1 aliphatic rings. The van der Waals surface area contributed by atoms with Crippen LogP contribution in [0.3, 0.4) is 0 Å². The van der Waals surface area contributed by atoms with Crippen molar-refractivity contribution in [1.29, 1.82) is 0 Å². The van der Waals surface area contributed by atoms with Gasteiger partial charge in [0.1, 0.15) is 0 Å². The van der Waals surface area contributed by atoms with Gasteiger partial charge < -0.3 is 0 Å². The Hall–Kier alpha value is -0.100. The summed E-state index contributed by atoms with van der Waals surface area (Å²) in [6.07, 6.45) is -0.116. The molecule has 1 aromatic heterocycles. The molecule has 1 aliphatic carbocycles. The lowest BCUT2D eigenvalue weighted by Crippen LogP contribution is -2.15. The molecule has 0 aromatic carbocycles. The van der Waals surface area contributed by atoms with E-state index in [1.165, 1.54) is 6.20 Å². The summed E-state index contributed by atoms with van der Waals surface area (Å²) >= 11 is 4.30. The number of thiazole rings is 1. The van der Waals surface area contributed by atoms with Gasteiger partial charge in [0.05, 0.1) is 0 Å². The minimum absolute atomic E-state index is 0.144. The summed E-state index contributed by atoms with van der Waals surface area (Å²) < 4.78 is 37.3. The van der Waals surface area contributed by atoms with Crippen LogP contribution in [-0.4, -0.2) is 9.81 Å². The van der Waals surface area contributed by atoms with E-state index in [0.29, 0.717) is 4.83 Å². The summed E-state index contributed by atoms with van der Waals surface area (Å²) in [5.41, 5.74) is -0.144. The number of alkyl halides is 4. The summed E-state index contributed by atoms with van der Waals surface area (Å²) in [6.45, 7) is 2.02. The lowest BCUT2D eigenvalue weighted by atomic mass is 9.88. The average molecular weight is 314 g/mol. The van der Waals surface area contributed by atoms with Crippen molar-refractivity contribution in [3.63, 3.8) is 0 Å². The van der Waals surface area contributed by atoms with E-state index >= 15 is 0 Å². The molecule has 16 heavy (non-hydrogen) atoms. The topological polar surface area (TPSA) is 12.9 Å². The molecule has 1 nitrogen and oxygen atoms in total. The molecule has 0 bridgehead atoms. The fraction of sp³-hybridized carbons (Fsp3) is 0.700. The second-order valence-corrected chi connectivity index (χ2v) is 6.75. The van der Waals surface area contributed by atoms with Gasteiger partial charge in [0.2, 0.25) is 0 Å². The number of aromatic nitrogens is 1. The lowest BCUT2D eigenvalue weighted by Gasteiger charge is -2.21. The van der Waals surface area contributed by atoms with Gasteiger partial charge in [-0.05, 0) is 19.3 Å². The zero-order valence-electron chi connectivity index (χ0n) is 8.64. The summed E-state index contributed by atoms with van der Waals surface area (Å²) in [4.78, 5) is 4.64. The van der Waals surface area contributed by atoms with Crippen molar-refractivity contribution in [1.82, 2.24) is 4.98 Å². The third-order valence-electron chi connectivity index (χ3n) is 3.02. The highest BCUT2D eigenvalue weighted by atomic mass is 79.9. The third kappa shape index (κ3) is 2.27. The summed E-state index contributed by atoms with van der Waals surface area (Å²) in [5, 5.41) is -0.734. The maximum atomic E-state index is 12.4. The van der Waals surface area contributed by atoms with E-state index in [1.807, 2.05) is 6.92 Å². The standard InChI is InChI=1S/C10H11BrF3NS/c1-9(3-2-6(11)4-9)7-5-15-8(16-7)10(12,13)14/h5-6H,2-4H2,1H3. The zero-order valence-corrected chi connectivity index (χ0v) is 11.0. The molecule has 1 heterocycles. The van der Waals surface area contributed by atoms with E-state index in [9.17, 15) is 13.2 Å². The lowest BCUT2D eigenvalue weighted by molar-refractivity contribution is -0.137. The monoisotopic (exact) mass is 313 g/mol. The van der Waals surface area contributed by atoms with Crippen molar-refractivity contribution in [3.05, 3.63) is 16.1 Å². The van der Waals surface area contributed by atoms with Gasteiger partial charge in [-0.1, -0.05) is 22.9 Å². The normalized spacial score (nSPS) is 30.9. The molecular weight excluding hydrogens is 303 g/mol. The second-order valence-electron chi connectivity index (χ2n) is 4.43. The van der Waals surface area contributed by atoms with Crippen molar-refractivity contribution >= 4 is 27.3 Å². The van der Waals surface area contributed by atoms with Gasteiger partial charge in [0.15, 0.2) is 5.01 Å². The average Bonchev–Trinajstić information content (AvgIpc) is 2.71. The van der Waals surface area contributed by atoms with E-state index in [1.54, 1.807) is 0 Å². The van der Waals surface area contributed by atoms with Crippen molar-refractivity contribution in [2.45, 2.75) is 42.6 Å². The van der Waals surface area contributed by atoms with Crippen LogP contribution < -0.4 is 0 Å². The van der Waals surface area contributed by atoms with Crippen LogP contribution in [0, 0.1) is 0 Å². The van der Waals surface area contributed by atoms with Gasteiger partial charge in [0, 0.05) is 21.3 Å². The molecule has 0 spiro atoms. The third-order valence-corrected chi connectivity index (χ3v) is 5.15. The molecule has 0 saturated heterocycles. The van der Waals surface area contributed by atoms with Crippen molar-refractivity contribution < 1.29 is 13.2 Å². The van der Waals surface area contributed by atoms with Crippen LogP contribution in [0.15, 0.2) is 6.20 Å². The minimum Gasteiger partial charge on any atom is -0.240 e. The summed E-state index contributed by atoms with van der Waals surface area (Å²) in [7, 11) is 0. The molecule has 90 valence electrons. The molecule has 2 rings (SSSR count). The first kappa shape index (κ1) is 12.4. The Bertz CT molecular complexity index is 390.